The second-order valence-electron chi connectivity index (χ2n) is 12.4. The number of allylic oxidation sites excluding steroid dienone is 4. The number of pyridine rings is 1. The van der Waals surface area contributed by atoms with Gasteiger partial charge in [0.2, 0.25) is 11.7 Å². The van der Waals surface area contributed by atoms with E-state index in [2.05, 4.69) is 23.0 Å². The van der Waals surface area contributed by atoms with E-state index in [-0.39, 0.29) is 45.8 Å². The molecule has 13 heteroatoms. The molecular weight excluding hydrogens is 667 g/mol. The highest BCUT2D eigenvalue weighted by molar-refractivity contribution is 6.34. The second kappa shape index (κ2) is 14.2. The summed E-state index contributed by atoms with van der Waals surface area (Å²) in [5, 5.41) is 0.171. The van der Waals surface area contributed by atoms with Gasteiger partial charge in [0.05, 0.1) is 22.8 Å². The van der Waals surface area contributed by atoms with Crippen LogP contribution in [0.25, 0.3) is 17.3 Å². The van der Waals surface area contributed by atoms with Gasteiger partial charge in [-0.1, -0.05) is 55.3 Å². The predicted molar refractivity (Wildman–Crippen MR) is 175 cm³/mol. The highest BCUT2D eigenvalue weighted by atomic mass is 35.5. The van der Waals surface area contributed by atoms with Crippen molar-refractivity contribution >= 4 is 35.2 Å². The molecule has 2 fully saturated rings. The van der Waals surface area contributed by atoms with E-state index in [0.29, 0.717) is 29.7 Å². The van der Waals surface area contributed by atoms with E-state index in [9.17, 15) is 36.3 Å². The van der Waals surface area contributed by atoms with Crippen LogP contribution in [0.15, 0.2) is 67.0 Å². The molecule has 2 aliphatic rings. The van der Waals surface area contributed by atoms with Gasteiger partial charge in [0.1, 0.15) is 0 Å². The fourth-order valence-corrected chi connectivity index (χ4v) is 6.57. The van der Waals surface area contributed by atoms with Crippen LogP contribution < -0.4 is 5.73 Å². The Kier molecular flexibility index (Phi) is 10.4. The number of aromatic nitrogens is 3. The molecule has 4 unspecified atom stereocenters. The third-order valence-electron chi connectivity index (χ3n) is 9.06. The van der Waals surface area contributed by atoms with Crippen LogP contribution in [0.2, 0.25) is 5.02 Å². The van der Waals surface area contributed by atoms with Gasteiger partial charge < -0.3 is 10.3 Å². The minimum Gasteiger partial charge on any atom is -0.369 e. The molecule has 0 bridgehead atoms. The molecule has 7 nitrogen and oxygen atoms in total. The number of ketones is 2. The number of halogens is 6. The van der Waals surface area contributed by atoms with Crippen LogP contribution in [0.5, 0.6) is 0 Å². The lowest BCUT2D eigenvalue weighted by atomic mass is 10.0. The fourth-order valence-electron chi connectivity index (χ4n) is 6.29. The normalized spacial score (nSPS) is 21.6. The molecule has 1 amide bonds. The minimum absolute atomic E-state index is 0.0272. The number of rotatable bonds is 14. The minimum atomic E-state index is -4.87. The maximum absolute atomic E-state index is 13.8. The first-order valence-corrected chi connectivity index (χ1v) is 16.1. The highest BCUT2D eigenvalue weighted by Gasteiger charge is 2.58. The van der Waals surface area contributed by atoms with Crippen molar-refractivity contribution < 1.29 is 36.3 Å². The Labute approximate surface area is 284 Å². The molecule has 0 spiro atoms. The Morgan fingerprint density at radius 3 is 2.43 bits per heavy atom. The van der Waals surface area contributed by atoms with Crippen molar-refractivity contribution in [3.63, 3.8) is 0 Å². The summed E-state index contributed by atoms with van der Waals surface area (Å²) in [6.07, 6.45) is 9.17. The molecule has 2 saturated carbocycles. The van der Waals surface area contributed by atoms with Crippen molar-refractivity contribution in [2.75, 3.05) is 0 Å². The van der Waals surface area contributed by atoms with E-state index in [1.165, 1.54) is 37.4 Å². The van der Waals surface area contributed by atoms with Gasteiger partial charge in [0.15, 0.2) is 17.3 Å². The predicted octanol–water partition coefficient (Wildman–Crippen LogP) is 8.40. The summed E-state index contributed by atoms with van der Waals surface area (Å²) >= 11 is 6.39. The van der Waals surface area contributed by atoms with Crippen molar-refractivity contribution in [3.8, 4) is 11.3 Å². The maximum Gasteiger partial charge on any atom is 0.434 e. The third kappa shape index (κ3) is 8.24. The summed E-state index contributed by atoms with van der Waals surface area (Å²) in [4.78, 5) is 44.2. The van der Waals surface area contributed by atoms with E-state index in [0.717, 1.165) is 35.9 Å². The molecule has 0 saturated heterocycles. The largest absolute Gasteiger partial charge is 0.434 e. The maximum atomic E-state index is 13.8. The number of primary amides is 1. The van der Waals surface area contributed by atoms with Crippen molar-refractivity contribution in [2.24, 2.45) is 30.5 Å². The molecule has 2 heterocycles. The van der Waals surface area contributed by atoms with Crippen LogP contribution in [-0.4, -0.2) is 37.9 Å². The van der Waals surface area contributed by atoms with Crippen LogP contribution in [-0.2, 0) is 18.0 Å². The Balaban J connectivity index is 1.22. The second-order valence-corrected chi connectivity index (χ2v) is 12.8. The van der Waals surface area contributed by atoms with Gasteiger partial charge >= 0.3 is 6.18 Å². The molecular formula is C36H34ClF5N4O3. The summed E-state index contributed by atoms with van der Waals surface area (Å²) in [6.45, 7) is 2.13. The van der Waals surface area contributed by atoms with E-state index in [1.54, 1.807) is 6.07 Å². The molecule has 0 radical (unpaired) electrons. The van der Waals surface area contributed by atoms with Gasteiger partial charge in [-0.3, -0.25) is 19.4 Å². The Hall–Kier alpha value is -4.45. The average Bonchev–Trinajstić information content (AvgIpc) is 3.85. The molecule has 49 heavy (non-hydrogen) atoms. The van der Waals surface area contributed by atoms with Gasteiger partial charge in [-0.2, -0.15) is 13.2 Å². The number of amides is 1. The number of imidazole rings is 1. The lowest BCUT2D eigenvalue weighted by Crippen LogP contribution is -2.13. The zero-order valence-electron chi connectivity index (χ0n) is 26.7. The van der Waals surface area contributed by atoms with Crippen LogP contribution in [0, 0.1) is 17.8 Å². The summed E-state index contributed by atoms with van der Waals surface area (Å²) in [5.74, 6) is -4.23. The molecule has 258 valence electrons. The quantitative estimate of drug-likeness (QED) is 0.0787. The van der Waals surface area contributed by atoms with Gasteiger partial charge in [0.25, 0.3) is 5.92 Å². The number of nitrogens with zero attached hydrogens (tertiary/aromatic N) is 3. The number of nitrogens with two attached hydrogens (primary N) is 1. The lowest BCUT2D eigenvalue weighted by molar-refractivity contribution is -0.140. The molecule has 2 aromatic heterocycles. The van der Waals surface area contributed by atoms with Crippen molar-refractivity contribution in [3.05, 3.63) is 100 Å². The molecule has 5 rings (SSSR count). The SMILES string of the molecule is CCC1C(/C=C/CC(N)=O)C1CC/C=C/C(=O)c1ccc(/C=C/C(=O)c2ncc(-c3cc(C4CC4(F)F)cnc3C(F)(F)F)n2C)cc1Cl. The van der Waals surface area contributed by atoms with Crippen molar-refractivity contribution in [2.45, 2.75) is 57.0 Å². The van der Waals surface area contributed by atoms with Crippen LogP contribution in [0.3, 0.4) is 0 Å². The molecule has 4 atom stereocenters. The summed E-state index contributed by atoms with van der Waals surface area (Å²) in [7, 11) is 1.35. The molecule has 2 N–H and O–H groups in total. The summed E-state index contributed by atoms with van der Waals surface area (Å²) in [6, 6.07) is 5.67. The van der Waals surface area contributed by atoms with Gasteiger partial charge in [0, 0.05) is 37.2 Å². The number of alkyl halides is 5. The van der Waals surface area contributed by atoms with E-state index < -0.39 is 41.5 Å². The highest BCUT2D eigenvalue weighted by Crippen LogP contribution is 2.56. The Morgan fingerprint density at radius 1 is 1.06 bits per heavy atom. The number of carbonyl (C=O) groups excluding carboxylic acids is 3. The standard InChI is InChI=1S/C36H34ClF5N4O3/c1-3-22-23(24(22)8-6-10-32(43)49)7-4-5-9-30(47)25-13-11-20(15-28(25)37)12-14-31(48)34-45-19-29(46(34)2)26-16-21(27-17-35(27,38)39)18-44-33(26)36(40,41)42/h5-6,8-9,11-16,18-19,22-24,27H,3-4,7,10,17H2,1-2H3,(H2,43,49)/b8-6+,9-5+,14-12+. The van der Waals surface area contributed by atoms with Crippen LogP contribution >= 0.6 is 11.6 Å². The van der Waals surface area contributed by atoms with E-state index in [4.69, 9.17) is 17.3 Å². The molecule has 1 aromatic carbocycles. The molecule has 0 aliphatic heterocycles. The van der Waals surface area contributed by atoms with Crippen LogP contribution in [0.1, 0.15) is 82.7 Å². The third-order valence-corrected chi connectivity index (χ3v) is 9.37. The summed E-state index contributed by atoms with van der Waals surface area (Å²) < 4.78 is 69.8. The monoisotopic (exact) mass is 700 g/mol. The number of hydrogen-bond donors (Lipinski definition) is 1. The van der Waals surface area contributed by atoms with Crippen molar-refractivity contribution in [1.82, 2.24) is 14.5 Å². The zero-order valence-corrected chi connectivity index (χ0v) is 27.4. The summed E-state index contributed by atoms with van der Waals surface area (Å²) in [5.41, 5.74) is 4.09. The first kappa shape index (κ1) is 35.8. The van der Waals surface area contributed by atoms with E-state index in [1.807, 2.05) is 12.2 Å². The van der Waals surface area contributed by atoms with Crippen LogP contribution in [0.4, 0.5) is 22.0 Å². The van der Waals surface area contributed by atoms with E-state index >= 15 is 0 Å². The fraction of sp³-hybridized carbons (Fsp3) is 0.361. The smallest absolute Gasteiger partial charge is 0.369 e. The lowest BCUT2D eigenvalue weighted by Gasteiger charge is -2.14. The zero-order chi connectivity index (χ0) is 35.7. The van der Waals surface area contributed by atoms with Crippen molar-refractivity contribution in [1.29, 1.82) is 0 Å². The number of benzene rings is 1. The van der Waals surface area contributed by atoms with Gasteiger partial charge in [-0.25, -0.2) is 13.8 Å². The number of carbonyl (C=O) groups is 3. The first-order valence-electron chi connectivity index (χ1n) is 15.8. The topological polar surface area (TPSA) is 108 Å². The Bertz CT molecular complexity index is 1860. The molecule has 2 aliphatic carbocycles. The van der Waals surface area contributed by atoms with Gasteiger partial charge in [-0.15, -0.1) is 0 Å². The first-order chi connectivity index (χ1) is 23.1. The Morgan fingerprint density at radius 2 is 1.80 bits per heavy atom. The number of hydrogen-bond acceptors (Lipinski definition) is 5. The average molecular weight is 701 g/mol. The molecule has 3 aromatic rings. The van der Waals surface area contributed by atoms with Gasteiger partial charge in [-0.05, 0) is 72.1 Å².